The highest BCUT2D eigenvalue weighted by Gasteiger charge is 2.14. The van der Waals surface area contributed by atoms with Gasteiger partial charge in [0.2, 0.25) is 5.78 Å². The highest BCUT2D eigenvalue weighted by molar-refractivity contribution is 6.29. The van der Waals surface area contributed by atoms with Crippen molar-refractivity contribution in [2.45, 2.75) is 20.4 Å². The predicted octanol–water partition coefficient (Wildman–Crippen LogP) is 2.64. The minimum atomic E-state index is -0.146. The van der Waals surface area contributed by atoms with E-state index in [1.54, 1.807) is 4.40 Å². The first-order valence-corrected chi connectivity index (χ1v) is 7.92. The van der Waals surface area contributed by atoms with Gasteiger partial charge in [-0.05, 0) is 25.2 Å². The molecule has 5 nitrogen and oxygen atoms in total. The van der Waals surface area contributed by atoms with Crippen LogP contribution >= 0.6 is 11.6 Å². The van der Waals surface area contributed by atoms with Crippen molar-refractivity contribution in [1.29, 1.82) is 0 Å². The second kappa shape index (κ2) is 6.10. The Balaban J connectivity index is 2.20. The molecule has 0 N–H and O–H groups in total. The van der Waals surface area contributed by atoms with E-state index in [1.165, 1.54) is 6.07 Å². The number of imidazole rings is 1. The average Bonchev–Trinajstić information content (AvgIpc) is 2.82. The summed E-state index contributed by atoms with van der Waals surface area (Å²) in [5.41, 5.74) is 1.72. The number of hydrogen-bond acceptors (Lipinski definition) is 3. The molecule has 22 heavy (non-hydrogen) atoms. The number of likely N-dealkylation sites (N-methyl/N-ethyl adjacent to an activating group) is 1. The first kappa shape index (κ1) is 15.1. The molecule has 2 heterocycles. The molecular weight excluding hydrogens is 300 g/mol. The summed E-state index contributed by atoms with van der Waals surface area (Å²) in [6.45, 7) is 7.97. The highest BCUT2D eigenvalue weighted by atomic mass is 35.5. The van der Waals surface area contributed by atoms with Crippen molar-refractivity contribution >= 4 is 28.4 Å². The Kier molecular flexibility index (Phi) is 4.18. The van der Waals surface area contributed by atoms with Gasteiger partial charge in [0.25, 0.3) is 5.56 Å². The van der Waals surface area contributed by atoms with Gasteiger partial charge in [-0.15, -0.1) is 0 Å². The first-order valence-electron chi connectivity index (χ1n) is 7.54. The maximum atomic E-state index is 12.3. The molecule has 0 bridgehead atoms. The number of halogens is 1. The molecule has 0 atom stereocenters. The maximum absolute atomic E-state index is 12.3. The zero-order valence-corrected chi connectivity index (χ0v) is 13.5. The van der Waals surface area contributed by atoms with Crippen molar-refractivity contribution in [3.8, 4) is 0 Å². The fourth-order valence-corrected chi connectivity index (χ4v) is 3.01. The molecule has 0 fully saturated rings. The van der Waals surface area contributed by atoms with Gasteiger partial charge in [-0.2, -0.15) is 0 Å². The van der Waals surface area contributed by atoms with E-state index in [-0.39, 0.29) is 10.7 Å². The molecular formula is C16H19ClN4O. The van der Waals surface area contributed by atoms with Gasteiger partial charge >= 0.3 is 0 Å². The van der Waals surface area contributed by atoms with E-state index in [1.807, 2.05) is 24.3 Å². The summed E-state index contributed by atoms with van der Waals surface area (Å²) >= 11 is 5.99. The Labute approximate surface area is 133 Å². The van der Waals surface area contributed by atoms with Crippen LogP contribution in [0.2, 0.25) is 5.15 Å². The summed E-state index contributed by atoms with van der Waals surface area (Å²) in [6.07, 6.45) is 0. The number of rotatable bonds is 5. The van der Waals surface area contributed by atoms with Crippen LogP contribution in [0, 0.1) is 0 Å². The van der Waals surface area contributed by atoms with Gasteiger partial charge in [0.1, 0.15) is 5.15 Å². The summed E-state index contributed by atoms with van der Waals surface area (Å²) in [5, 5.41) is 0.233. The third-order valence-electron chi connectivity index (χ3n) is 4.06. The zero-order chi connectivity index (χ0) is 15.7. The number of fused-ring (bicyclic) bond motifs is 3. The molecule has 3 aromatic rings. The second-order valence-corrected chi connectivity index (χ2v) is 5.61. The van der Waals surface area contributed by atoms with Crippen LogP contribution in [0.3, 0.4) is 0 Å². The van der Waals surface area contributed by atoms with Gasteiger partial charge < -0.3 is 9.47 Å². The summed E-state index contributed by atoms with van der Waals surface area (Å²) in [5.74, 6) is 0.603. The molecule has 2 aromatic heterocycles. The van der Waals surface area contributed by atoms with Crippen LogP contribution in [-0.2, 0) is 6.54 Å². The van der Waals surface area contributed by atoms with Gasteiger partial charge in [-0.1, -0.05) is 37.6 Å². The summed E-state index contributed by atoms with van der Waals surface area (Å²) in [4.78, 5) is 19.0. The van der Waals surface area contributed by atoms with Crippen LogP contribution in [0.25, 0.3) is 16.8 Å². The SMILES string of the molecule is CCN(CC)CCn1c2ccccc2n2c(=O)cc(Cl)nc12. The van der Waals surface area contributed by atoms with E-state index in [0.717, 1.165) is 37.2 Å². The van der Waals surface area contributed by atoms with E-state index in [4.69, 9.17) is 11.6 Å². The third-order valence-corrected chi connectivity index (χ3v) is 4.25. The van der Waals surface area contributed by atoms with E-state index in [9.17, 15) is 4.79 Å². The molecule has 0 saturated carbocycles. The molecule has 6 heteroatoms. The number of para-hydroxylation sites is 2. The Morgan fingerprint density at radius 2 is 1.86 bits per heavy atom. The molecule has 0 aliphatic rings. The Hall–Kier alpha value is -1.85. The molecule has 1 aromatic carbocycles. The van der Waals surface area contributed by atoms with E-state index < -0.39 is 0 Å². The molecule has 116 valence electrons. The van der Waals surface area contributed by atoms with Crippen LogP contribution in [0.15, 0.2) is 35.1 Å². The van der Waals surface area contributed by atoms with Crippen molar-refractivity contribution < 1.29 is 0 Å². The molecule has 0 spiro atoms. The molecule has 0 amide bonds. The van der Waals surface area contributed by atoms with Gasteiger partial charge in [-0.25, -0.2) is 9.38 Å². The lowest BCUT2D eigenvalue weighted by Gasteiger charge is -2.18. The standard InChI is InChI=1S/C16H19ClN4O/c1-3-19(4-2)9-10-20-12-7-5-6-8-13(12)21-15(22)11-14(17)18-16(20)21/h5-8,11H,3-4,9-10H2,1-2H3. The normalized spacial score (nSPS) is 11.8. The van der Waals surface area contributed by atoms with Gasteiger partial charge in [0.15, 0.2) is 0 Å². The number of nitrogens with zero attached hydrogens (tertiary/aromatic N) is 4. The number of aromatic nitrogens is 3. The minimum Gasteiger partial charge on any atom is -0.308 e. The Bertz CT molecular complexity index is 864. The molecule has 0 aliphatic heterocycles. The van der Waals surface area contributed by atoms with Crippen molar-refractivity contribution in [2.75, 3.05) is 19.6 Å². The van der Waals surface area contributed by atoms with Crippen molar-refractivity contribution in [1.82, 2.24) is 18.9 Å². The van der Waals surface area contributed by atoms with E-state index in [0.29, 0.717) is 5.78 Å². The van der Waals surface area contributed by atoms with Crippen molar-refractivity contribution in [3.05, 3.63) is 45.8 Å². The lowest BCUT2D eigenvalue weighted by molar-refractivity contribution is 0.293. The zero-order valence-electron chi connectivity index (χ0n) is 12.8. The predicted molar refractivity (Wildman–Crippen MR) is 89.8 cm³/mol. The molecule has 0 radical (unpaired) electrons. The van der Waals surface area contributed by atoms with Gasteiger partial charge in [0.05, 0.1) is 11.0 Å². The monoisotopic (exact) mass is 318 g/mol. The van der Waals surface area contributed by atoms with Crippen LogP contribution < -0.4 is 5.56 Å². The summed E-state index contributed by atoms with van der Waals surface area (Å²) < 4.78 is 3.70. The maximum Gasteiger partial charge on any atom is 0.261 e. The third kappa shape index (κ3) is 2.51. The van der Waals surface area contributed by atoms with Gasteiger partial charge in [-0.3, -0.25) is 4.79 Å². The number of benzene rings is 1. The van der Waals surface area contributed by atoms with Crippen molar-refractivity contribution in [3.63, 3.8) is 0 Å². The van der Waals surface area contributed by atoms with Crippen LogP contribution in [0.5, 0.6) is 0 Å². The topological polar surface area (TPSA) is 42.5 Å². The summed E-state index contributed by atoms with van der Waals surface area (Å²) in [7, 11) is 0. The summed E-state index contributed by atoms with van der Waals surface area (Å²) in [6, 6.07) is 9.21. The van der Waals surface area contributed by atoms with Crippen LogP contribution in [0.4, 0.5) is 0 Å². The van der Waals surface area contributed by atoms with E-state index >= 15 is 0 Å². The lowest BCUT2D eigenvalue weighted by atomic mass is 10.3. The van der Waals surface area contributed by atoms with E-state index in [2.05, 4.69) is 28.3 Å². The molecule has 0 saturated heterocycles. The number of hydrogen-bond donors (Lipinski definition) is 0. The fourth-order valence-electron chi connectivity index (χ4n) is 2.84. The Morgan fingerprint density at radius 1 is 1.18 bits per heavy atom. The van der Waals surface area contributed by atoms with Crippen molar-refractivity contribution in [2.24, 2.45) is 0 Å². The minimum absolute atomic E-state index is 0.146. The largest absolute Gasteiger partial charge is 0.308 e. The molecule has 0 unspecified atom stereocenters. The van der Waals surface area contributed by atoms with Crippen LogP contribution in [0.1, 0.15) is 13.8 Å². The average molecular weight is 319 g/mol. The quantitative estimate of drug-likeness (QED) is 0.679. The lowest BCUT2D eigenvalue weighted by Crippen LogP contribution is -2.27. The molecule has 0 aliphatic carbocycles. The molecule has 3 rings (SSSR count). The van der Waals surface area contributed by atoms with Crippen LogP contribution in [-0.4, -0.2) is 38.5 Å². The first-order chi connectivity index (χ1) is 10.7. The second-order valence-electron chi connectivity index (χ2n) is 5.22. The smallest absolute Gasteiger partial charge is 0.261 e. The highest BCUT2D eigenvalue weighted by Crippen LogP contribution is 2.19. The fraction of sp³-hybridized carbons (Fsp3) is 0.375. The van der Waals surface area contributed by atoms with Gasteiger partial charge in [0, 0.05) is 19.2 Å². The Morgan fingerprint density at radius 3 is 2.55 bits per heavy atom.